The number of hydrogen-bond acceptors (Lipinski definition) is 4. The molecule has 29 heavy (non-hydrogen) atoms. The summed E-state index contributed by atoms with van der Waals surface area (Å²) in [5.74, 6) is -0.345. The lowest BCUT2D eigenvalue weighted by Gasteiger charge is -2.32. The summed E-state index contributed by atoms with van der Waals surface area (Å²) >= 11 is 0. The van der Waals surface area contributed by atoms with Crippen LogP contribution in [0.1, 0.15) is 26.3 Å². The molecule has 1 heterocycles. The second kappa shape index (κ2) is 9.23. The molecule has 0 radical (unpaired) electrons. The first kappa shape index (κ1) is 23.3. The van der Waals surface area contributed by atoms with E-state index in [9.17, 15) is 18.0 Å². The maximum Gasteiger partial charge on any atom is 0.277 e. The van der Waals surface area contributed by atoms with Crippen molar-refractivity contribution in [3.05, 3.63) is 29.8 Å². The van der Waals surface area contributed by atoms with Gasteiger partial charge in [-0.25, -0.2) is 8.42 Å². The number of hydrogen-bond donors (Lipinski definition) is 2. The van der Waals surface area contributed by atoms with E-state index in [0.717, 1.165) is 10.5 Å². The fourth-order valence-corrected chi connectivity index (χ4v) is 4.67. The molecule has 0 saturated carbocycles. The number of benzene rings is 1. The van der Waals surface area contributed by atoms with E-state index in [1.807, 2.05) is 12.1 Å². The van der Waals surface area contributed by atoms with Gasteiger partial charge in [-0.2, -0.15) is 4.31 Å². The van der Waals surface area contributed by atoms with E-state index in [2.05, 4.69) is 26.1 Å². The van der Waals surface area contributed by atoms with Crippen LogP contribution in [0, 0.1) is 0 Å². The first-order valence-electron chi connectivity index (χ1n) is 9.84. The second-order valence-corrected chi connectivity index (χ2v) is 10.5. The Hall–Kier alpha value is -1.97. The van der Waals surface area contributed by atoms with Crippen LogP contribution in [0.5, 0.6) is 0 Å². The average molecular weight is 426 g/mol. The molecule has 2 amide bonds. The van der Waals surface area contributed by atoms with Gasteiger partial charge in [-0.1, -0.05) is 32.9 Å². The van der Waals surface area contributed by atoms with E-state index < -0.39 is 10.0 Å². The van der Waals surface area contributed by atoms with Gasteiger partial charge in [-0.05, 0) is 23.1 Å². The van der Waals surface area contributed by atoms with Crippen LogP contribution >= 0.6 is 0 Å². The van der Waals surface area contributed by atoms with Crippen LogP contribution in [0.3, 0.4) is 0 Å². The van der Waals surface area contributed by atoms with Gasteiger partial charge in [-0.15, -0.1) is 0 Å². The second-order valence-electron chi connectivity index (χ2n) is 8.53. The third-order valence-corrected chi connectivity index (χ3v) is 7.19. The molecule has 0 bridgehead atoms. The molecule has 8 nitrogen and oxygen atoms in total. The summed E-state index contributed by atoms with van der Waals surface area (Å²) in [6.45, 7) is 8.38. The van der Waals surface area contributed by atoms with Crippen molar-refractivity contribution in [2.75, 3.05) is 53.4 Å². The predicted molar refractivity (Wildman–Crippen MR) is 111 cm³/mol. The highest BCUT2D eigenvalue weighted by Gasteiger charge is 2.32. The quantitative estimate of drug-likeness (QED) is 0.617. The lowest BCUT2D eigenvalue weighted by atomic mass is 9.87. The minimum atomic E-state index is -3.54. The van der Waals surface area contributed by atoms with Gasteiger partial charge in [0.05, 0.1) is 37.6 Å². The normalized spacial score (nSPS) is 16.4. The fraction of sp³-hybridized carbons (Fsp3) is 0.600. The number of piperazine rings is 1. The first-order chi connectivity index (χ1) is 13.4. The molecule has 2 rings (SSSR count). The highest BCUT2D eigenvalue weighted by molar-refractivity contribution is 7.89. The van der Waals surface area contributed by atoms with E-state index in [4.69, 9.17) is 0 Å². The van der Waals surface area contributed by atoms with Gasteiger partial charge in [0.1, 0.15) is 0 Å². The monoisotopic (exact) mass is 425 g/mol. The van der Waals surface area contributed by atoms with Crippen LogP contribution in [0.4, 0.5) is 0 Å². The van der Waals surface area contributed by atoms with Gasteiger partial charge >= 0.3 is 0 Å². The number of rotatable bonds is 6. The summed E-state index contributed by atoms with van der Waals surface area (Å²) in [6, 6.07) is 7.09. The summed E-state index contributed by atoms with van der Waals surface area (Å²) in [5, 5.41) is 2.49. The molecule has 1 saturated heterocycles. The van der Waals surface area contributed by atoms with Crippen molar-refractivity contribution in [2.24, 2.45) is 0 Å². The van der Waals surface area contributed by atoms with Crippen molar-refractivity contribution >= 4 is 21.8 Å². The van der Waals surface area contributed by atoms with Crippen LogP contribution in [-0.2, 0) is 25.0 Å². The van der Waals surface area contributed by atoms with Crippen LogP contribution in [-0.4, -0.2) is 82.8 Å². The maximum atomic E-state index is 12.9. The Morgan fingerprint density at radius 3 is 2.17 bits per heavy atom. The zero-order chi connectivity index (χ0) is 21.8. The van der Waals surface area contributed by atoms with E-state index in [0.29, 0.717) is 31.1 Å². The Morgan fingerprint density at radius 1 is 1.14 bits per heavy atom. The number of likely N-dealkylation sites (N-methyl/N-ethyl adjacent to an activating group) is 2. The van der Waals surface area contributed by atoms with Crippen LogP contribution < -0.4 is 10.2 Å². The van der Waals surface area contributed by atoms with Crippen molar-refractivity contribution in [1.29, 1.82) is 0 Å². The molecular weight excluding hydrogens is 392 g/mol. The number of sulfonamides is 1. The van der Waals surface area contributed by atoms with Crippen molar-refractivity contribution < 1.29 is 22.9 Å². The molecule has 0 atom stereocenters. The minimum Gasteiger partial charge on any atom is -0.358 e. The van der Waals surface area contributed by atoms with Gasteiger partial charge in [0.2, 0.25) is 15.9 Å². The minimum absolute atomic E-state index is 0.0215. The lowest BCUT2D eigenvalue weighted by Crippen LogP contribution is -3.15. The van der Waals surface area contributed by atoms with Gasteiger partial charge in [-0.3, -0.25) is 9.59 Å². The number of quaternary nitrogens is 1. The fourth-order valence-electron chi connectivity index (χ4n) is 3.23. The van der Waals surface area contributed by atoms with Gasteiger partial charge < -0.3 is 15.1 Å². The van der Waals surface area contributed by atoms with Gasteiger partial charge in [0.15, 0.2) is 6.54 Å². The Labute approximate surface area is 173 Å². The molecular formula is C20H33N4O4S+. The highest BCUT2D eigenvalue weighted by Crippen LogP contribution is 2.24. The van der Waals surface area contributed by atoms with Crippen LogP contribution in [0.25, 0.3) is 0 Å². The zero-order valence-electron chi connectivity index (χ0n) is 18.0. The van der Waals surface area contributed by atoms with Crippen molar-refractivity contribution in [3.63, 3.8) is 0 Å². The zero-order valence-corrected chi connectivity index (χ0v) is 18.8. The van der Waals surface area contributed by atoms with E-state index in [-0.39, 0.29) is 30.3 Å². The van der Waals surface area contributed by atoms with E-state index in [1.165, 1.54) is 16.3 Å². The standard InChI is InChI=1S/C20H32N4O4S/c1-20(2,3)16-6-8-17(9-7-16)29(27,28)24-12-10-23(11-13-24)15-19(26)22(5)14-18(25)21-4/h6-9H,10-15H2,1-5H3,(H,21,25)/p+1. The molecule has 1 aliphatic rings. The Balaban J connectivity index is 1.94. The largest absolute Gasteiger partial charge is 0.358 e. The summed E-state index contributed by atoms with van der Waals surface area (Å²) in [4.78, 5) is 26.4. The van der Waals surface area contributed by atoms with E-state index >= 15 is 0 Å². The third kappa shape index (κ3) is 6.01. The number of nitrogens with zero attached hydrogens (tertiary/aromatic N) is 2. The van der Waals surface area contributed by atoms with Crippen LogP contribution in [0.15, 0.2) is 29.2 Å². The molecule has 1 aromatic rings. The Bertz CT molecular complexity index is 823. The molecule has 0 unspecified atom stereocenters. The predicted octanol–water partition coefficient (Wildman–Crippen LogP) is -0.922. The Morgan fingerprint density at radius 2 is 1.69 bits per heavy atom. The van der Waals surface area contributed by atoms with E-state index in [1.54, 1.807) is 19.2 Å². The summed E-state index contributed by atoms with van der Waals surface area (Å²) in [7, 11) is -0.414. The molecule has 162 valence electrons. The summed E-state index contributed by atoms with van der Waals surface area (Å²) < 4.78 is 27.4. The lowest BCUT2D eigenvalue weighted by molar-refractivity contribution is -0.895. The Kier molecular flexibility index (Phi) is 7.42. The topological polar surface area (TPSA) is 91.2 Å². The molecule has 1 fully saturated rings. The molecule has 1 aliphatic heterocycles. The van der Waals surface area contributed by atoms with Crippen LogP contribution in [0.2, 0.25) is 0 Å². The number of carbonyl (C=O) groups excluding carboxylic acids is 2. The molecule has 2 N–H and O–H groups in total. The number of carbonyl (C=O) groups is 2. The molecule has 0 spiro atoms. The number of amides is 2. The van der Waals surface area contributed by atoms with Gasteiger partial charge in [0, 0.05) is 14.1 Å². The van der Waals surface area contributed by atoms with Crippen molar-refractivity contribution in [1.82, 2.24) is 14.5 Å². The maximum absolute atomic E-state index is 12.9. The summed E-state index contributed by atoms with van der Waals surface area (Å²) in [6.07, 6.45) is 0. The number of nitrogens with one attached hydrogen (secondary N) is 2. The SMILES string of the molecule is CNC(=O)CN(C)C(=O)C[NH+]1CCN(S(=O)(=O)c2ccc(C(C)(C)C)cc2)CC1. The molecule has 1 aromatic carbocycles. The smallest absolute Gasteiger partial charge is 0.277 e. The summed E-state index contributed by atoms with van der Waals surface area (Å²) in [5.41, 5.74) is 1.06. The van der Waals surface area contributed by atoms with Crippen molar-refractivity contribution in [3.8, 4) is 0 Å². The van der Waals surface area contributed by atoms with Crippen molar-refractivity contribution in [2.45, 2.75) is 31.1 Å². The molecule has 0 aliphatic carbocycles. The molecule has 0 aromatic heterocycles. The first-order valence-corrected chi connectivity index (χ1v) is 11.3. The van der Waals surface area contributed by atoms with Gasteiger partial charge in [0.25, 0.3) is 5.91 Å². The third-order valence-electron chi connectivity index (χ3n) is 5.27. The molecule has 9 heteroatoms. The average Bonchev–Trinajstić information content (AvgIpc) is 2.67. The highest BCUT2D eigenvalue weighted by atomic mass is 32.2.